The van der Waals surface area contributed by atoms with E-state index in [9.17, 15) is 15.0 Å². The van der Waals surface area contributed by atoms with Crippen LogP contribution in [0.1, 0.15) is 0 Å². The van der Waals surface area contributed by atoms with Gasteiger partial charge in [-0.2, -0.15) is 0 Å². The highest BCUT2D eigenvalue weighted by atomic mass is 35.5. The maximum atomic E-state index is 12.5. The largest absolute Gasteiger partial charge is 0.508 e. The lowest BCUT2D eigenvalue weighted by molar-refractivity contribution is 0.415. The van der Waals surface area contributed by atoms with E-state index in [0.717, 1.165) is 6.07 Å². The van der Waals surface area contributed by atoms with E-state index in [-0.39, 0.29) is 40.3 Å². The van der Waals surface area contributed by atoms with Crippen molar-refractivity contribution in [1.82, 2.24) is 0 Å². The van der Waals surface area contributed by atoms with Gasteiger partial charge in [-0.25, -0.2) is 0 Å². The molecule has 0 aliphatic heterocycles. The zero-order chi connectivity index (χ0) is 15.0. The van der Waals surface area contributed by atoms with Crippen LogP contribution in [-0.2, 0) is 0 Å². The molecule has 0 saturated heterocycles. The predicted molar refractivity (Wildman–Crippen MR) is 85.0 cm³/mol. The Hall–Kier alpha value is -2.66. The minimum atomic E-state index is -0.362. The van der Waals surface area contributed by atoms with Crippen molar-refractivity contribution in [1.29, 1.82) is 0 Å². The second-order valence-corrected chi connectivity index (χ2v) is 4.55. The maximum Gasteiger partial charge on any atom is 0.204 e. The third kappa shape index (κ3) is 2.58. The molecule has 3 aromatic rings. The van der Waals surface area contributed by atoms with Gasteiger partial charge in [-0.1, -0.05) is 12.1 Å². The minimum Gasteiger partial charge on any atom is -0.508 e. The Kier molecular flexibility index (Phi) is 4.28. The van der Waals surface area contributed by atoms with Crippen LogP contribution in [0.5, 0.6) is 17.2 Å². The number of hydrogen-bond donors (Lipinski definition) is 2. The van der Waals surface area contributed by atoms with Gasteiger partial charge in [0.05, 0.1) is 12.7 Å². The van der Waals surface area contributed by atoms with Crippen molar-refractivity contribution in [2.75, 3.05) is 7.11 Å². The molecule has 0 radical (unpaired) electrons. The fourth-order valence-corrected chi connectivity index (χ4v) is 2.19. The van der Waals surface area contributed by atoms with E-state index >= 15 is 0 Å². The summed E-state index contributed by atoms with van der Waals surface area (Å²) in [7, 11) is 1.56. The van der Waals surface area contributed by atoms with Gasteiger partial charge in [0.2, 0.25) is 5.43 Å². The molecule has 5 nitrogen and oxygen atoms in total. The van der Waals surface area contributed by atoms with E-state index in [4.69, 9.17) is 9.15 Å². The molecule has 0 aliphatic rings. The summed E-state index contributed by atoms with van der Waals surface area (Å²) in [6, 6.07) is 9.32. The van der Waals surface area contributed by atoms with Crippen LogP contribution in [-0.4, -0.2) is 17.3 Å². The van der Waals surface area contributed by atoms with Crippen molar-refractivity contribution in [3.63, 3.8) is 0 Å². The number of aromatic hydroxyl groups is 2. The SMILES string of the molecule is COc1ccc(-c2coc3cc(O)cc(O)c3c2=O)cc1.Cl. The Balaban J connectivity index is 0.00000176. The molecule has 0 atom stereocenters. The van der Waals surface area contributed by atoms with Gasteiger partial charge in [0.1, 0.15) is 34.5 Å². The number of phenolic OH excluding ortho intramolecular Hbond substituents is 2. The number of rotatable bonds is 2. The standard InChI is InChI=1S/C16H12O5.ClH/c1-20-11-4-2-9(3-5-11)12-8-21-14-7-10(17)6-13(18)15(14)16(12)19;/h2-8,17-18H,1H3;1H. The fraction of sp³-hybridized carbons (Fsp3) is 0.0625. The lowest BCUT2D eigenvalue weighted by Crippen LogP contribution is -2.05. The topological polar surface area (TPSA) is 79.9 Å². The summed E-state index contributed by atoms with van der Waals surface area (Å²) in [5.41, 5.74) is 0.749. The van der Waals surface area contributed by atoms with Gasteiger partial charge in [0.15, 0.2) is 0 Å². The summed E-state index contributed by atoms with van der Waals surface area (Å²) in [5, 5.41) is 19.3. The molecule has 2 aromatic carbocycles. The van der Waals surface area contributed by atoms with Crippen molar-refractivity contribution in [3.05, 3.63) is 52.9 Å². The van der Waals surface area contributed by atoms with E-state index in [1.165, 1.54) is 12.3 Å². The summed E-state index contributed by atoms with van der Waals surface area (Å²) in [5.74, 6) is 0.200. The first-order valence-electron chi connectivity index (χ1n) is 6.22. The Morgan fingerprint density at radius 3 is 2.41 bits per heavy atom. The number of phenols is 2. The van der Waals surface area contributed by atoms with Crippen LogP contribution in [0.25, 0.3) is 22.1 Å². The van der Waals surface area contributed by atoms with Crippen molar-refractivity contribution in [3.8, 4) is 28.4 Å². The maximum absolute atomic E-state index is 12.5. The lowest BCUT2D eigenvalue weighted by atomic mass is 10.0. The van der Waals surface area contributed by atoms with Crippen molar-refractivity contribution in [2.45, 2.75) is 0 Å². The number of ether oxygens (including phenoxy) is 1. The molecule has 6 heteroatoms. The van der Waals surface area contributed by atoms with E-state index in [0.29, 0.717) is 16.9 Å². The smallest absolute Gasteiger partial charge is 0.204 e. The summed E-state index contributed by atoms with van der Waals surface area (Å²) in [4.78, 5) is 12.5. The Labute approximate surface area is 131 Å². The van der Waals surface area contributed by atoms with Crippen LogP contribution in [0.2, 0.25) is 0 Å². The van der Waals surface area contributed by atoms with Gasteiger partial charge < -0.3 is 19.4 Å². The van der Waals surface area contributed by atoms with Gasteiger partial charge in [0.25, 0.3) is 0 Å². The molecule has 0 bridgehead atoms. The van der Waals surface area contributed by atoms with E-state index in [2.05, 4.69) is 0 Å². The quantitative estimate of drug-likeness (QED) is 0.757. The summed E-state index contributed by atoms with van der Waals surface area (Å²) < 4.78 is 10.4. The average Bonchev–Trinajstić information content (AvgIpc) is 2.47. The van der Waals surface area contributed by atoms with Gasteiger partial charge in [-0.05, 0) is 17.7 Å². The number of hydrogen-bond acceptors (Lipinski definition) is 5. The summed E-state index contributed by atoms with van der Waals surface area (Å²) >= 11 is 0. The summed E-state index contributed by atoms with van der Waals surface area (Å²) in [6.07, 6.45) is 1.31. The van der Waals surface area contributed by atoms with Gasteiger partial charge in [-0.15, -0.1) is 12.4 Å². The van der Waals surface area contributed by atoms with E-state index < -0.39 is 0 Å². The molecule has 0 unspecified atom stereocenters. The third-order valence-electron chi connectivity index (χ3n) is 3.24. The lowest BCUT2D eigenvalue weighted by Gasteiger charge is -2.05. The van der Waals surface area contributed by atoms with E-state index in [1.54, 1.807) is 31.4 Å². The van der Waals surface area contributed by atoms with Crippen molar-refractivity contribution in [2.24, 2.45) is 0 Å². The average molecular weight is 321 g/mol. The van der Waals surface area contributed by atoms with E-state index in [1.807, 2.05) is 0 Å². The number of benzene rings is 2. The first kappa shape index (κ1) is 15.7. The molecule has 0 spiro atoms. The number of methoxy groups -OCH3 is 1. The zero-order valence-corrected chi connectivity index (χ0v) is 12.4. The number of halogens is 1. The molecule has 0 aliphatic carbocycles. The fourth-order valence-electron chi connectivity index (χ4n) is 2.19. The normalized spacial score (nSPS) is 10.2. The first-order valence-corrected chi connectivity index (χ1v) is 6.22. The van der Waals surface area contributed by atoms with Gasteiger partial charge >= 0.3 is 0 Å². The zero-order valence-electron chi connectivity index (χ0n) is 11.6. The third-order valence-corrected chi connectivity index (χ3v) is 3.24. The van der Waals surface area contributed by atoms with Crippen molar-refractivity contribution >= 4 is 23.4 Å². The summed E-state index contributed by atoms with van der Waals surface area (Å²) in [6.45, 7) is 0. The molecule has 2 N–H and O–H groups in total. The highest BCUT2D eigenvalue weighted by molar-refractivity contribution is 5.88. The monoisotopic (exact) mass is 320 g/mol. The van der Waals surface area contributed by atoms with Crippen molar-refractivity contribution < 1.29 is 19.4 Å². The van der Waals surface area contributed by atoms with Crippen LogP contribution in [0.15, 0.2) is 51.9 Å². The molecular weight excluding hydrogens is 308 g/mol. The second kappa shape index (κ2) is 5.99. The van der Waals surface area contributed by atoms with Gasteiger partial charge in [0, 0.05) is 12.1 Å². The molecule has 114 valence electrons. The van der Waals surface area contributed by atoms with Crippen LogP contribution in [0.3, 0.4) is 0 Å². The highest BCUT2D eigenvalue weighted by Crippen LogP contribution is 2.29. The Bertz CT molecular complexity index is 868. The minimum absolute atomic E-state index is 0. The molecule has 1 heterocycles. The Morgan fingerprint density at radius 1 is 1.09 bits per heavy atom. The molecule has 0 amide bonds. The molecule has 3 rings (SSSR count). The van der Waals surface area contributed by atoms with Crippen LogP contribution < -0.4 is 10.2 Å². The molecule has 0 saturated carbocycles. The first-order chi connectivity index (χ1) is 10.1. The molecule has 0 fully saturated rings. The molecular formula is C16H13ClO5. The molecule has 1 aromatic heterocycles. The number of fused-ring (bicyclic) bond motifs is 1. The predicted octanol–water partition coefficient (Wildman–Crippen LogP) is 3.30. The second-order valence-electron chi connectivity index (χ2n) is 4.55. The van der Waals surface area contributed by atoms with Crippen LogP contribution in [0.4, 0.5) is 0 Å². The van der Waals surface area contributed by atoms with Gasteiger partial charge in [-0.3, -0.25) is 4.79 Å². The van der Waals surface area contributed by atoms with Crippen LogP contribution >= 0.6 is 12.4 Å². The van der Waals surface area contributed by atoms with Crippen LogP contribution in [0, 0.1) is 0 Å². The molecule has 22 heavy (non-hydrogen) atoms. The highest BCUT2D eigenvalue weighted by Gasteiger charge is 2.13. The Morgan fingerprint density at radius 2 is 1.77 bits per heavy atom.